The lowest BCUT2D eigenvalue weighted by atomic mass is 10.1. The SMILES string of the molecule is NCC1CCN(C(=O)CN2c3cccc4cccc(c34)S2(=O)=O)C1. The Morgan fingerprint density at radius 3 is 2.67 bits per heavy atom. The van der Waals surface area contributed by atoms with Crippen LogP contribution in [0.25, 0.3) is 10.8 Å². The summed E-state index contributed by atoms with van der Waals surface area (Å²) in [5.74, 6) is 0.143. The molecule has 2 N–H and O–H groups in total. The van der Waals surface area contributed by atoms with Gasteiger partial charge in [0.2, 0.25) is 5.91 Å². The lowest BCUT2D eigenvalue weighted by molar-refractivity contribution is -0.128. The Morgan fingerprint density at radius 2 is 1.96 bits per heavy atom. The van der Waals surface area contributed by atoms with Crippen molar-refractivity contribution in [2.75, 3.05) is 30.5 Å². The van der Waals surface area contributed by atoms with E-state index in [9.17, 15) is 13.2 Å². The first-order chi connectivity index (χ1) is 11.5. The van der Waals surface area contributed by atoms with Gasteiger partial charge in [0, 0.05) is 18.5 Å². The molecule has 0 spiro atoms. The Morgan fingerprint density at radius 1 is 1.21 bits per heavy atom. The van der Waals surface area contributed by atoms with Gasteiger partial charge in [-0.15, -0.1) is 0 Å². The van der Waals surface area contributed by atoms with Crippen LogP contribution in [-0.4, -0.2) is 45.4 Å². The number of sulfonamides is 1. The topological polar surface area (TPSA) is 83.7 Å². The first kappa shape index (κ1) is 15.4. The third-order valence-electron chi connectivity index (χ3n) is 4.93. The van der Waals surface area contributed by atoms with E-state index in [0.29, 0.717) is 36.6 Å². The number of likely N-dealkylation sites (tertiary alicyclic amines) is 1. The maximum atomic E-state index is 12.9. The van der Waals surface area contributed by atoms with Crippen molar-refractivity contribution in [3.05, 3.63) is 36.4 Å². The summed E-state index contributed by atoms with van der Waals surface area (Å²) < 4.78 is 27.0. The number of nitrogens with two attached hydrogens (primary N) is 1. The van der Waals surface area contributed by atoms with E-state index in [2.05, 4.69) is 0 Å². The van der Waals surface area contributed by atoms with Crippen molar-refractivity contribution in [3.8, 4) is 0 Å². The molecule has 2 aliphatic rings. The maximum Gasteiger partial charge on any atom is 0.265 e. The lowest BCUT2D eigenvalue weighted by Gasteiger charge is -2.22. The molecule has 1 amide bonds. The highest BCUT2D eigenvalue weighted by molar-refractivity contribution is 7.93. The monoisotopic (exact) mass is 345 g/mol. The number of carbonyl (C=O) groups excluding carboxylic acids is 1. The Kier molecular flexibility index (Phi) is 3.51. The number of nitrogens with zero attached hydrogens (tertiary/aromatic N) is 2. The predicted octanol–water partition coefficient (Wildman–Crippen LogP) is 1.16. The van der Waals surface area contributed by atoms with Crippen molar-refractivity contribution in [3.63, 3.8) is 0 Å². The van der Waals surface area contributed by atoms with Gasteiger partial charge in [-0.1, -0.05) is 24.3 Å². The molecule has 0 aliphatic carbocycles. The summed E-state index contributed by atoms with van der Waals surface area (Å²) >= 11 is 0. The Bertz CT molecular complexity index is 921. The van der Waals surface area contributed by atoms with Crippen molar-refractivity contribution < 1.29 is 13.2 Å². The molecule has 2 aliphatic heterocycles. The second-order valence-electron chi connectivity index (χ2n) is 6.37. The fraction of sp³-hybridized carbons (Fsp3) is 0.353. The fourth-order valence-electron chi connectivity index (χ4n) is 3.60. The molecule has 0 aromatic heterocycles. The van der Waals surface area contributed by atoms with E-state index >= 15 is 0 Å². The van der Waals surface area contributed by atoms with E-state index in [-0.39, 0.29) is 17.3 Å². The van der Waals surface area contributed by atoms with Gasteiger partial charge < -0.3 is 10.6 Å². The van der Waals surface area contributed by atoms with Crippen LogP contribution in [0, 0.1) is 5.92 Å². The zero-order chi connectivity index (χ0) is 16.9. The highest BCUT2D eigenvalue weighted by Gasteiger charge is 2.38. The van der Waals surface area contributed by atoms with Crippen LogP contribution < -0.4 is 10.0 Å². The summed E-state index contributed by atoms with van der Waals surface area (Å²) in [6.07, 6.45) is 0.880. The summed E-state index contributed by atoms with van der Waals surface area (Å²) in [5.41, 5.74) is 6.26. The van der Waals surface area contributed by atoms with Crippen molar-refractivity contribution in [2.24, 2.45) is 11.7 Å². The van der Waals surface area contributed by atoms with Gasteiger partial charge in [0.05, 0.1) is 10.6 Å². The first-order valence-corrected chi connectivity index (χ1v) is 9.48. The largest absolute Gasteiger partial charge is 0.341 e. The summed E-state index contributed by atoms with van der Waals surface area (Å²) in [7, 11) is -3.68. The summed E-state index contributed by atoms with van der Waals surface area (Å²) in [5, 5.41) is 1.57. The van der Waals surface area contributed by atoms with Crippen LogP contribution in [0.2, 0.25) is 0 Å². The van der Waals surface area contributed by atoms with Crippen LogP contribution >= 0.6 is 0 Å². The minimum atomic E-state index is -3.68. The zero-order valence-electron chi connectivity index (χ0n) is 13.2. The Hall–Kier alpha value is -2.12. The number of benzene rings is 2. The van der Waals surface area contributed by atoms with Gasteiger partial charge in [0.1, 0.15) is 6.54 Å². The molecule has 0 saturated carbocycles. The van der Waals surface area contributed by atoms with Gasteiger partial charge >= 0.3 is 0 Å². The normalized spacial score (nSPS) is 21.6. The molecular formula is C17H19N3O3S. The van der Waals surface area contributed by atoms with Gasteiger partial charge in [0.15, 0.2) is 0 Å². The highest BCUT2D eigenvalue weighted by atomic mass is 32.2. The average Bonchev–Trinajstić information content (AvgIpc) is 3.14. The van der Waals surface area contributed by atoms with E-state index in [4.69, 9.17) is 5.73 Å². The average molecular weight is 345 g/mol. The van der Waals surface area contributed by atoms with E-state index in [1.54, 1.807) is 23.1 Å². The molecule has 6 nitrogen and oxygen atoms in total. The molecular weight excluding hydrogens is 326 g/mol. The number of amides is 1. The molecule has 2 heterocycles. The number of anilines is 1. The van der Waals surface area contributed by atoms with Crippen molar-refractivity contribution in [1.82, 2.24) is 4.90 Å². The van der Waals surface area contributed by atoms with Crippen LogP contribution in [0.4, 0.5) is 5.69 Å². The van der Waals surface area contributed by atoms with E-state index in [0.717, 1.165) is 11.8 Å². The van der Waals surface area contributed by atoms with Crippen LogP contribution in [0.5, 0.6) is 0 Å². The second-order valence-corrected chi connectivity index (χ2v) is 8.20. The van der Waals surface area contributed by atoms with Gasteiger partial charge in [-0.25, -0.2) is 8.42 Å². The molecule has 1 saturated heterocycles. The Balaban J connectivity index is 1.68. The van der Waals surface area contributed by atoms with Crippen LogP contribution in [-0.2, 0) is 14.8 Å². The van der Waals surface area contributed by atoms with Gasteiger partial charge in [-0.05, 0) is 36.4 Å². The molecule has 2 aromatic carbocycles. The van der Waals surface area contributed by atoms with Gasteiger partial charge in [0.25, 0.3) is 10.0 Å². The fourth-order valence-corrected chi connectivity index (χ4v) is 5.26. The molecule has 2 aromatic rings. The zero-order valence-corrected chi connectivity index (χ0v) is 14.0. The van der Waals surface area contributed by atoms with Gasteiger partial charge in [-0.2, -0.15) is 0 Å². The van der Waals surface area contributed by atoms with E-state index in [1.807, 2.05) is 18.2 Å². The molecule has 0 radical (unpaired) electrons. The quantitative estimate of drug-likeness (QED) is 0.905. The van der Waals surface area contributed by atoms with E-state index < -0.39 is 10.0 Å². The van der Waals surface area contributed by atoms with Crippen LogP contribution in [0.1, 0.15) is 6.42 Å². The van der Waals surface area contributed by atoms with Crippen molar-refractivity contribution >= 4 is 32.4 Å². The molecule has 0 bridgehead atoms. The molecule has 1 unspecified atom stereocenters. The highest BCUT2D eigenvalue weighted by Crippen LogP contribution is 2.41. The maximum absolute atomic E-state index is 12.9. The molecule has 7 heteroatoms. The molecule has 1 fully saturated rings. The Labute approximate surface area is 140 Å². The molecule has 126 valence electrons. The van der Waals surface area contributed by atoms with Crippen LogP contribution in [0.15, 0.2) is 41.3 Å². The minimum Gasteiger partial charge on any atom is -0.341 e. The van der Waals surface area contributed by atoms with Crippen molar-refractivity contribution in [1.29, 1.82) is 0 Å². The minimum absolute atomic E-state index is 0.159. The third kappa shape index (κ3) is 2.19. The standard InChI is InChI=1S/C17H19N3O3S/c18-9-12-7-8-19(10-12)16(21)11-20-14-5-1-3-13-4-2-6-15(17(13)14)24(20,22)23/h1-6,12H,7-11,18H2. The lowest BCUT2D eigenvalue weighted by Crippen LogP contribution is -2.41. The molecule has 24 heavy (non-hydrogen) atoms. The van der Waals surface area contributed by atoms with Crippen LogP contribution in [0.3, 0.4) is 0 Å². The number of carbonyl (C=O) groups is 1. The summed E-state index contributed by atoms with van der Waals surface area (Å²) in [6, 6.07) is 10.7. The van der Waals surface area contributed by atoms with Gasteiger partial charge in [-0.3, -0.25) is 9.10 Å². The molecule has 4 rings (SSSR count). The second kappa shape index (κ2) is 5.46. The summed E-state index contributed by atoms with van der Waals surface area (Å²) in [4.78, 5) is 14.6. The molecule has 1 atom stereocenters. The van der Waals surface area contributed by atoms with E-state index in [1.165, 1.54) is 4.31 Å². The summed E-state index contributed by atoms with van der Waals surface area (Å²) in [6.45, 7) is 1.65. The predicted molar refractivity (Wildman–Crippen MR) is 92.2 cm³/mol. The number of hydrogen-bond donors (Lipinski definition) is 1. The first-order valence-electron chi connectivity index (χ1n) is 8.04. The van der Waals surface area contributed by atoms with Crippen molar-refractivity contribution in [2.45, 2.75) is 11.3 Å². The third-order valence-corrected chi connectivity index (χ3v) is 6.73. The number of hydrogen-bond acceptors (Lipinski definition) is 4. The number of rotatable bonds is 3. The smallest absolute Gasteiger partial charge is 0.265 e.